The van der Waals surface area contributed by atoms with Crippen LogP contribution < -0.4 is 10.6 Å². The SMILES string of the molecule is CCNc1ccc(C(=O)Nc2cccnn2)cc1[N+](=O)[O-]. The van der Waals surface area contributed by atoms with Crippen LogP contribution in [0.5, 0.6) is 0 Å². The number of amides is 1. The number of hydrogen-bond acceptors (Lipinski definition) is 6. The second-order valence-corrected chi connectivity index (χ2v) is 4.08. The number of hydrogen-bond donors (Lipinski definition) is 2. The average Bonchev–Trinajstić information content (AvgIpc) is 2.48. The Morgan fingerprint density at radius 3 is 2.81 bits per heavy atom. The molecule has 0 aliphatic carbocycles. The zero-order valence-corrected chi connectivity index (χ0v) is 11.2. The molecule has 1 amide bonds. The molecule has 1 aromatic carbocycles. The number of rotatable bonds is 5. The van der Waals surface area contributed by atoms with E-state index in [4.69, 9.17) is 0 Å². The minimum Gasteiger partial charge on any atom is -0.380 e. The van der Waals surface area contributed by atoms with Crippen molar-refractivity contribution in [2.45, 2.75) is 6.92 Å². The average molecular weight is 287 g/mol. The largest absolute Gasteiger partial charge is 0.380 e. The first-order chi connectivity index (χ1) is 10.1. The highest BCUT2D eigenvalue weighted by molar-refractivity contribution is 6.04. The van der Waals surface area contributed by atoms with Crippen LogP contribution in [0, 0.1) is 10.1 Å². The topological polar surface area (TPSA) is 110 Å². The van der Waals surface area contributed by atoms with Crippen molar-refractivity contribution >= 4 is 23.1 Å². The Balaban J connectivity index is 2.25. The summed E-state index contributed by atoms with van der Waals surface area (Å²) in [6, 6.07) is 7.44. The summed E-state index contributed by atoms with van der Waals surface area (Å²) in [5.41, 5.74) is 0.399. The van der Waals surface area contributed by atoms with Crippen LogP contribution in [0.2, 0.25) is 0 Å². The molecule has 0 atom stereocenters. The lowest BCUT2D eigenvalue weighted by Crippen LogP contribution is -2.14. The minimum atomic E-state index is -0.531. The molecule has 2 N–H and O–H groups in total. The molecule has 0 spiro atoms. The fraction of sp³-hybridized carbons (Fsp3) is 0.154. The molecule has 1 heterocycles. The third kappa shape index (κ3) is 3.50. The van der Waals surface area contributed by atoms with Crippen LogP contribution in [0.15, 0.2) is 36.5 Å². The molecule has 0 radical (unpaired) electrons. The normalized spacial score (nSPS) is 9.95. The van der Waals surface area contributed by atoms with E-state index in [9.17, 15) is 14.9 Å². The number of nitro benzene ring substituents is 1. The van der Waals surface area contributed by atoms with Gasteiger partial charge < -0.3 is 10.6 Å². The van der Waals surface area contributed by atoms with Gasteiger partial charge in [0.2, 0.25) is 0 Å². The van der Waals surface area contributed by atoms with Gasteiger partial charge in [0.1, 0.15) is 5.69 Å². The smallest absolute Gasteiger partial charge is 0.293 e. The summed E-state index contributed by atoms with van der Waals surface area (Å²) in [5, 5.41) is 23.8. The summed E-state index contributed by atoms with van der Waals surface area (Å²) in [4.78, 5) is 22.5. The van der Waals surface area contributed by atoms with Crippen molar-refractivity contribution in [2.75, 3.05) is 17.2 Å². The first-order valence-electron chi connectivity index (χ1n) is 6.23. The van der Waals surface area contributed by atoms with Gasteiger partial charge in [-0.05, 0) is 31.2 Å². The molecule has 0 fully saturated rings. The van der Waals surface area contributed by atoms with E-state index >= 15 is 0 Å². The van der Waals surface area contributed by atoms with Gasteiger partial charge in [0, 0.05) is 24.4 Å². The number of carbonyl (C=O) groups is 1. The molecule has 8 heteroatoms. The monoisotopic (exact) mass is 287 g/mol. The molecule has 0 aliphatic rings. The predicted octanol–water partition coefficient (Wildman–Crippen LogP) is 2.07. The summed E-state index contributed by atoms with van der Waals surface area (Å²) >= 11 is 0. The summed E-state index contributed by atoms with van der Waals surface area (Å²) < 4.78 is 0. The molecular formula is C13H13N5O3. The summed E-state index contributed by atoms with van der Waals surface area (Å²) in [6.45, 7) is 2.38. The Morgan fingerprint density at radius 1 is 1.38 bits per heavy atom. The van der Waals surface area contributed by atoms with Crippen molar-refractivity contribution in [2.24, 2.45) is 0 Å². The molecule has 2 rings (SSSR count). The summed E-state index contributed by atoms with van der Waals surface area (Å²) in [5.74, 6) is -0.206. The highest BCUT2D eigenvalue weighted by atomic mass is 16.6. The molecule has 0 aliphatic heterocycles. The first-order valence-corrected chi connectivity index (χ1v) is 6.23. The van der Waals surface area contributed by atoms with Crippen molar-refractivity contribution in [1.82, 2.24) is 10.2 Å². The van der Waals surface area contributed by atoms with E-state index in [0.29, 0.717) is 12.2 Å². The third-order valence-electron chi connectivity index (χ3n) is 2.64. The van der Waals surface area contributed by atoms with Gasteiger partial charge >= 0.3 is 0 Å². The Morgan fingerprint density at radius 2 is 2.19 bits per heavy atom. The van der Waals surface area contributed by atoms with Crippen molar-refractivity contribution in [3.05, 3.63) is 52.2 Å². The molecular weight excluding hydrogens is 274 g/mol. The van der Waals surface area contributed by atoms with Gasteiger partial charge in [-0.1, -0.05) is 0 Å². The lowest BCUT2D eigenvalue weighted by Gasteiger charge is -2.07. The van der Waals surface area contributed by atoms with E-state index in [0.717, 1.165) is 0 Å². The molecule has 8 nitrogen and oxygen atoms in total. The molecule has 108 valence electrons. The first kappa shape index (κ1) is 14.4. The van der Waals surface area contributed by atoms with E-state index in [2.05, 4.69) is 20.8 Å². The van der Waals surface area contributed by atoms with Crippen molar-refractivity contribution in [3.63, 3.8) is 0 Å². The maximum absolute atomic E-state index is 12.0. The number of benzene rings is 1. The second kappa shape index (κ2) is 6.42. The van der Waals surface area contributed by atoms with Crippen molar-refractivity contribution in [3.8, 4) is 0 Å². The van der Waals surface area contributed by atoms with Crippen molar-refractivity contribution < 1.29 is 9.72 Å². The zero-order chi connectivity index (χ0) is 15.2. The lowest BCUT2D eigenvalue weighted by atomic mass is 10.1. The second-order valence-electron chi connectivity index (χ2n) is 4.08. The fourth-order valence-electron chi connectivity index (χ4n) is 1.72. The van der Waals surface area contributed by atoms with Gasteiger partial charge in [-0.2, -0.15) is 5.10 Å². The van der Waals surface area contributed by atoms with Crippen LogP contribution in [0.1, 0.15) is 17.3 Å². The number of nitrogens with zero attached hydrogens (tertiary/aromatic N) is 3. The van der Waals surface area contributed by atoms with Gasteiger partial charge in [0.15, 0.2) is 5.82 Å². The number of nitrogens with one attached hydrogen (secondary N) is 2. The van der Waals surface area contributed by atoms with Crippen LogP contribution >= 0.6 is 0 Å². The number of aromatic nitrogens is 2. The maximum atomic E-state index is 12.0. The van der Waals surface area contributed by atoms with Gasteiger partial charge in [-0.15, -0.1) is 5.10 Å². The van der Waals surface area contributed by atoms with E-state index in [-0.39, 0.29) is 17.1 Å². The Hall–Kier alpha value is -3.03. The summed E-state index contributed by atoms with van der Waals surface area (Å²) in [6.07, 6.45) is 1.48. The molecule has 0 saturated heterocycles. The summed E-state index contributed by atoms with van der Waals surface area (Å²) in [7, 11) is 0. The molecule has 2 aromatic rings. The van der Waals surface area contributed by atoms with Crippen molar-refractivity contribution in [1.29, 1.82) is 0 Å². The predicted molar refractivity (Wildman–Crippen MR) is 77.2 cm³/mol. The molecule has 0 saturated carbocycles. The van der Waals surface area contributed by atoms with Crippen LogP contribution in [0.25, 0.3) is 0 Å². The quantitative estimate of drug-likeness (QED) is 0.643. The van der Waals surface area contributed by atoms with Gasteiger partial charge in [0.05, 0.1) is 4.92 Å². The highest BCUT2D eigenvalue weighted by Crippen LogP contribution is 2.25. The Bertz CT molecular complexity index is 660. The van der Waals surface area contributed by atoms with Crippen LogP contribution in [-0.4, -0.2) is 27.6 Å². The zero-order valence-electron chi connectivity index (χ0n) is 11.2. The molecule has 0 bridgehead atoms. The number of nitro groups is 1. The Labute approximate surface area is 120 Å². The van der Waals surface area contributed by atoms with Gasteiger partial charge in [0.25, 0.3) is 11.6 Å². The number of anilines is 2. The Kier molecular flexibility index (Phi) is 4.39. The van der Waals surface area contributed by atoms with Gasteiger partial charge in [-0.3, -0.25) is 14.9 Å². The minimum absolute atomic E-state index is 0.149. The van der Waals surface area contributed by atoms with Crippen LogP contribution in [0.4, 0.5) is 17.2 Å². The van der Waals surface area contributed by atoms with E-state index in [1.807, 2.05) is 6.92 Å². The lowest BCUT2D eigenvalue weighted by molar-refractivity contribution is -0.384. The van der Waals surface area contributed by atoms with Gasteiger partial charge in [-0.25, -0.2) is 0 Å². The molecule has 0 unspecified atom stereocenters. The highest BCUT2D eigenvalue weighted by Gasteiger charge is 2.17. The van der Waals surface area contributed by atoms with Crippen LogP contribution in [-0.2, 0) is 0 Å². The fourth-order valence-corrected chi connectivity index (χ4v) is 1.72. The standard InChI is InChI=1S/C13H13N5O3/c1-2-14-10-6-5-9(8-11(10)18(20)21)13(19)16-12-4-3-7-15-17-12/h3-8,14H,2H2,1H3,(H,16,17,19). The molecule has 21 heavy (non-hydrogen) atoms. The van der Waals surface area contributed by atoms with E-state index < -0.39 is 10.8 Å². The third-order valence-corrected chi connectivity index (χ3v) is 2.64. The van der Waals surface area contributed by atoms with E-state index in [1.54, 1.807) is 12.1 Å². The van der Waals surface area contributed by atoms with Crippen LogP contribution in [0.3, 0.4) is 0 Å². The van der Waals surface area contributed by atoms with E-state index in [1.165, 1.54) is 24.4 Å². The maximum Gasteiger partial charge on any atom is 0.293 e. The number of carbonyl (C=O) groups excluding carboxylic acids is 1. The molecule has 1 aromatic heterocycles.